The first-order valence-corrected chi connectivity index (χ1v) is 6.63. The molecule has 0 spiro atoms. The average Bonchev–Trinajstić information content (AvgIpc) is 2.92. The predicted molar refractivity (Wildman–Crippen MR) is 74.1 cm³/mol. The first-order valence-electron chi connectivity index (χ1n) is 6.63. The Morgan fingerprint density at radius 1 is 1.28 bits per heavy atom. The van der Waals surface area contributed by atoms with E-state index in [0.717, 1.165) is 18.1 Å². The van der Waals surface area contributed by atoms with Crippen molar-refractivity contribution in [2.75, 3.05) is 14.2 Å². The van der Waals surface area contributed by atoms with Crippen LogP contribution in [0.4, 0.5) is 0 Å². The van der Waals surface area contributed by atoms with Crippen LogP contribution in [0.3, 0.4) is 0 Å². The van der Waals surface area contributed by atoms with Crippen molar-refractivity contribution < 1.29 is 4.74 Å². The van der Waals surface area contributed by atoms with Crippen molar-refractivity contribution in [2.24, 2.45) is 5.92 Å². The van der Waals surface area contributed by atoms with Crippen LogP contribution in [0, 0.1) is 11.3 Å². The zero-order chi connectivity index (χ0) is 13.0. The van der Waals surface area contributed by atoms with Crippen LogP contribution in [-0.2, 0) is 6.54 Å². The molecule has 0 amide bonds. The van der Waals surface area contributed by atoms with Crippen LogP contribution in [-0.4, -0.2) is 24.9 Å². The van der Waals surface area contributed by atoms with Gasteiger partial charge in [-0.15, -0.1) is 0 Å². The molecule has 1 N–H and O–H groups in total. The van der Waals surface area contributed by atoms with Gasteiger partial charge < -0.3 is 9.64 Å². The highest BCUT2D eigenvalue weighted by Gasteiger charge is 2.22. The van der Waals surface area contributed by atoms with Gasteiger partial charge in [0.05, 0.1) is 12.9 Å². The standard InChI is InChI=1S/C15H22N2O/c1-17(15(16)13-5-3-4-6-13)11-12-7-9-14(18-2)10-8-12/h7-10,13,16H,3-6,11H2,1-2H3. The SMILES string of the molecule is COc1ccc(CN(C)C(=N)C2CCCC2)cc1. The minimum atomic E-state index is 0.480. The Hall–Kier alpha value is -1.51. The number of nitrogens with one attached hydrogen (secondary N) is 1. The van der Waals surface area contributed by atoms with E-state index in [4.69, 9.17) is 10.1 Å². The third-order valence-corrected chi connectivity index (χ3v) is 3.73. The number of hydrogen-bond donors (Lipinski definition) is 1. The van der Waals surface area contributed by atoms with E-state index in [1.54, 1.807) is 7.11 Å². The van der Waals surface area contributed by atoms with Gasteiger partial charge in [0, 0.05) is 19.5 Å². The molecule has 1 aliphatic carbocycles. The fourth-order valence-corrected chi connectivity index (χ4v) is 2.60. The quantitative estimate of drug-likeness (QED) is 0.653. The molecule has 98 valence electrons. The summed E-state index contributed by atoms with van der Waals surface area (Å²) >= 11 is 0. The topological polar surface area (TPSA) is 36.3 Å². The van der Waals surface area contributed by atoms with E-state index in [1.807, 2.05) is 19.2 Å². The van der Waals surface area contributed by atoms with Crippen molar-refractivity contribution in [3.63, 3.8) is 0 Å². The van der Waals surface area contributed by atoms with Crippen LogP contribution in [0.15, 0.2) is 24.3 Å². The normalized spacial score (nSPS) is 15.7. The summed E-state index contributed by atoms with van der Waals surface area (Å²) < 4.78 is 5.15. The molecular weight excluding hydrogens is 224 g/mol. The van der Waals surface area contributed by atoms with Crippen LogP contribution < -0.4 is 4.74 Å². The Morgan fingerprint density at radius 2 is 1.89 bits per heavy atom. The lowest BCUT2D eigenvalue weighted by Crippen LogP contribution is -2.30. The highest BCUT2D eigenvalue weighted by Crippen LogP contribution is 2.26. The fraction of sp³-hybridized carbons (Fsp3) is 0.533. The van der Waals surface area contributed by atoms with Crippen molar-refractivity contribution in [2.45, 2.75) is 32.2 Å². The lowest BCUT2D eigenvalue weighted by Gasteiger charge is -2.24. The highest BCUT2D eigenvalue weighted by atomic mass is 16.5. The lowest BCUT2D eigenvalue weighted by atomic mass is 10.1. The molecule has 3 heteroatoms. The molecule has 0 unspecified atom stereocenters. The molecule has 1 aromatic rings. The zero-order valence-corrected chi connectivity index (χ0v) is 11.3. The van der Waals surface area contributed by atoms with E-state index >= 15 is 0 Å². The molecule has 0 heterocycles. The van der Waals surface area contributed by atoms with Gasteiger partial charge in [-0.1, -0.05) is 25.0 Å². The Labute approximate surface area is 109 Å². The zero-order valence-electron chi connectivity index (χ0n) is 11.3. The minimum Gasteiger partial charge on any atom is -0.497 e. The van der Waals surface area contributed by atoms with Crippen LogP contribution in [0.1, 0.15) is 31.2 Å². The monoisotopic (exact) mass is 246 g/mol. The molecule has 1 fully saturated rings. The number of hydrogen-bond acceptors (Lipinski definition) is 2. The van der Waals surface area contributed by atoms with Crippen molar-refractivity contribution >= 4 is 5.84 Å². The number of nitrogens with zero attached hydrogens (tertiary/aromatic N) is 1. The summed E-state index contributed by atoms with van der Waals surface area (Å²) in [6.45, 7) is 0.805. The van der Waals surface area contributed by atoms with Gasteiger partial charge in [0.1, 0.15) is 5.75 Å². The van der Waals surface area contributed by atoms with Crippen LogP contribution in [0.25, 0.3) is 0 Å². The second-order valence-corrected chi connectivity index (χ2v) is 5.07. The maximum Gasteiger partial charge on any atom is 0.118 e. The largest absolute Gasteiger partial charge is 0.497 e. The summed E-state index contributed by atoms with van der Waals surface area (Å²) in [7, 11) is 3.70. The molecule has 18 heavy (non-hydrogen) atoms. The molecule has 1 aliphatic rings. The number of methoxy groups -OCH3 is 1. The van der Waals surface area contributed by atoms with E-state index in [-0.39, 0.29) is 0 Å². The van der Waals surface area contributed by atoms with Crippen LogP contribution in [0.5, 0.6) is 5.75 Å². The van der Waals surface area contributed by atoms with Gasteiger partial charge in [0.15, 0.2) is 0 Å². The van der Waals surface area contributed by atoms with Crippen LogP contribution >= 0.6 is 0 Å². The third-order valence-electron chi connectivity index (χ3n) is 3.73. The molecule has 3 nitrogen and oxygen atoms in total. The second-order valence-electron chi connectivity index (χ2n) is 5.07. The highest BCUT2D eigenvalue weighted by molar-refractivity contribution is 5.81. The van der Waals surface area contributed by atoms with Gasteiger partial charge in [0.2, 0.25) is 0 Å². The molecule has 0 bridgehead atoms. The van der Waals surface area contributed by atoms with Crippen LogP contribution in [0.2, 0.25) is 0 Å². The van der Waals surface area contributed by atoms with Gasteiger partial charge in [-0.25, -0.2) is 0 Å². The van der Waals surface area contributed by atoms with Crippen molar-refractivity contribution in [1.82, 2.24) is 4.90 Å². The Bertz CT molecular complexity index is 393. The molecular formula is C15H22N2O. The van der Waals surface area contributed by atoms with E-state index < -0.39 is 0 Å². The average molecular weight is 246 g/mol. The molecule has 0 radical (unpaired) electrons. The van der Waals surface area contributed by atoms with E-state index in [1.165, 1.54) is 31.2 Å². The van der Waals surface area contributed by atoms with Gasteiger partial charge in [-0.05, 0) is 30.5 Å². The summed E-state index contributed by atoms with van der Waals surface area (Å²) in [6.07, 6.45) is 4.93. The van der Waals surface area contributed by atoms with Gasteiger partial charge in [-0.2, -0.15) is 0 Å². The number of amidine groups is 1. The molecule has 1 saturated carbocycles. The number of benzene rings is 1. The molecule has 0 aromatic heterocycles. The van der Waals surface area contributed by atoms with Crippen molar-refractivity contribution in [3.8, 4) is 5.75 Å². The maximum absolute atomic E-state index is 8.22. The third kappa shape index (κ3) is 3.03. The van der Waals surface area contributed by atoms with E-state index in [0.29, 0.717) is 5.92 Å². The Morgan fingerprint density at radius 3 is 2.44 bits per heavy atom. The van der Waals surface area contributed by atoms with Crippen molar-refractivity contribution in [1.29, 1.82) is 5.41 Å². The van der Waals surface area contributed by atoms with Gasteiger partial charge in [-0.3, -0.25) is 5.41 Å². The van der Waals surface area contributed by atoms with Gasteiger partial charge >= 0.3 is 0 Å². The predicted octanol–water partition coefficient (Wildman–Crippen LogP) is 3.29. The first-order chi connectivity index (χ1) is 8.70. The van der Waals surface area contributed by atoms with E-state index in [2.05, 4.69) is 17.0 Å². The summed E-state index contributed by atoms with van der Waals surface area (Å²) in [4.78, 5) is 2.07. The molecule has 2 rings (SSSR count). The number of rotatable bonds is 4. The number of ether oxygens (including phenoxy) is 1. The molecule has 0 aliphatic heterocycles. The summed E-state index contributed by atoms with van der Waals surface area (Å²) in [6, 6.07) is 8.08. The smallest absolute Gasteiger partial charge is 0.118 e. The first kappa shape index (κ1) is 12.9. The Balaban J connectivity index is 1.92. The summed E-state index contributed by atoms with van der Waals surface area (Å²) in [5.41, 5.74) is 1.22. The fourth-order valence-electron chi connectivity index (χ4n) is 2.60. The Kier molecular flexibility index (Phi) is 4.24. The van der Waals surface area contributed by atoms with E-state index in [9.17, 15) is 0 Å². The minimum absolute atomic E-state index is 0.480. The van der Waals surface area contributed by atoms with Gasteiger partial charge in [0.25, 0.3) is 0 Å². The second kappa shape index (κ2) is 5.89. The molecule has 1 aromatic carbocycles. The lowest BCUT2D eigenvalue weighted by molar-refractivity contribution is 0.413. The maximum atomic E-state index is 8.22. The summed E-state index contributed by atoms with van der Waals surface area (Å²) in [5, 5.41) is 8.22. The van der Waals surface area contributed by atoms with Crippen molar-refractivity contribution in [3.05, 3.63) is 29.8 Å². The molecule has 0 saturated heterocycles. The molecule has 0 atom stereocenters. The summed E-state index contributed by atoms with van der Waals surface area (Å²) in [5.74, 6) is 2.16.